The highest BCUT2D eigenvalue weighted by atomic mass is 35.5. The van der Waals surface area contributed by atoms with Crippen LogP contribution in [-0.2, 0) is 4.79 Å². The zero-order valence-electron chi connectivity index (χ0n) is 12.1. The SMILES string of the molecule is CN/C=C\C=N\CN(C(=O)CCl)c1c(C)cccc1C. The van der Waals surface area contributed by atoms with E-state index in [9.17, 15) is 4.79 Å². The lowest BCUT2D eigenvalue weighted by molar-refractivity contribution is -0.116. The molecule has 0 bridgehead atoms. The van der Waals surface area contributed by atoms with Crippen molar-refractivity contribution in [3.8, 4) is 0 Å². The Morgan fingerprint density at radius 2 is 2.05 bits per heavy atom. The zero-order chi connectivity index (χ0) is 15.0. The quantitative estimate of drug-likeness (QED) is 0.647. The number of benzene rings is 1. The Kier molecular flexibility index (Phi) is 6.81. The van der Waals surface area contributed by atoms with Crippen molar-refractivity contribution in [3.63, 3.8) is 0 Å². The topological polar surface area (TPSA) is 44.7 Å². The van der Waals surface area contributed by atoms with Gasteiger partial charge in [-0.05, 0) is 37.3 Å². The minimum Gasteiger partial charge on any atom is -0.394 e. The Labute approximate surface area is 125 Å². The van der Waals surface area contributed by atoms with Gasteiger partial charge in [-0.1, -0.05) is 18.2 Å². The van der Waals surface area contributed by atoms with Crippen LogP contribution in [0.5, 0.6) is 0 Å². The van der Waals surface area contributed by atoms with Crippen molar-refractivity contribution in [2.45, 2.75) is 13.8 Å². The third-order valence-electron chi connectivity index (χ3n) is 2.80. The smallest absolute Gasteiger partial charge is 0.243 e. The van der Waals surface area contributed by atoms with Gasteiger partial charge < -0.3 is 5.32 Å². The first-order valence-corrected chi connectivity index (χ1v) is 6.90. The second kappa shape index (κ2) is 8.38. The number of nitrogens with one attached hydrogen (secondary N) is 1. The second-order valence-corrected chi connectivity index (χ2v) is 4.58. The molecular weight excluding hydrogens is 274 g/mol. The van der Waals surface area contributed by atoms with Crippen molar-refractivity contribution in [1.29, 1.82) is 0 Å². The van der Waals surface area contributed by atoms with Crippen LogP contribution in [0.4, 0.5) is 5.69 Å². The zero-order valence-corrected chi connectivity index (χ0v) is 12.8. The number of aliphatic imine (C=N–C) groups is 1. The summed E-state index contributed by atoms with van der Waals surface area (Å²) in [7, 11) is 1.81. The van der Waals surface area contributed by atoms with Gasteiger partial charge in [-0.2, -0.15) is 0 Å². The highest BCUT2D eigenvalue weighted by Crippen LogP contribution is 2.24. The molecule has 20 heavy (non-hydrogen) atoms. The van der Waals surface area contributed by atoms with E-state index >= 15 is 0 Å². The van der Waals surface area contributed by atoms with E-state index in [-0.39, 0.29) is 18.5 Å². The Bertz CT molecular complexity index is 492. The van der Waals surface area contributed by atoms with Gasteiger partial charge in [0.25, 0.3) is 0 Å². The summed E-state index contributed by atoms with van der Waals surface area (Å²) in [5, 5.41) is 2.87. The molecular formula is C15H20ClN3O. The molecule has 1 rings (SSSR count). The van der Waals surface area contributed by atoms with Crippen LogP contribution in [0.2, 0.25) is 0 Å². The van der Waals surface area contributed by atoms with Crippen molar-refractivity contribution >= 4 is 29.4 Å². The number of hydrogen-bond acceptors (Lipinski definition) is 3. The third-order valence-corrected chi connectivity index (χ3v) is 3.03. The van der Waals surface area contributed by atoms with Gasteiger partial charge in [0.2, 0.25) is 5.91 Å². The maximum absolute atomic E-state index is 12.0. The van der Waals surface area contributed by atoms with E-state index in [2.05, 4.69) is 10.3 Å². The molecule has 1 aromatic carbocycles. The normalized spacial score (nSPS) is 11.2. The van der Waals surface area contributed by atoms with Crippen LogP contribution < -0.4 is 10.2 Å². The maximum Gasteiger partial charge on any atom is 0.243 e. The highest BCUT2D eigenvalue weighted by molar-refractivity contribution is 6.29. The Morgan fingerprint density at radius 3 is 2.60 bits per heavy atom. The van der Waals surface area contributed by atoms with Gasteiger partial charge in [0, 0.05) is 13.3 Å². The summed E-state index contributed by atoms with van der Waals surface area (Å²) in [6.07, 6.45) is 5.18. The number of para-hydroxylation sites is 1. The van der Waals surface area contributed by atoms with E-state index in [0.717, 1.165) is 16.8 Å². The number of anilines is 1. The van der Waals surface area contributed by atoms with Crippen LogP contribution in [-0.4, -0.2) is 31.7 Å². The summed E-state index contributed by atoms with van der Waals surface area (Å²) >= 11 is 5.70. The number of hydrogen-bond donors (Lipinski definition) is 1. The van der Waals surface area contributed by atoms with Gasteiger partial charge >= 0.3 is 0 Å². The summed E-state index contributed by atoms with van der Waals surface area (Å²) in [6.45, 7) is 4.20. The number of amides is 1. The number of alkyl halides is 1. The minimum absolute atomic E-state index is 0.0599. The van der Waals surface area contributed by atoms with E-state index in [4.69, 9.17) is 11.6 Å². The van der Waals surface area contributed by atoms with Crippen LogP contribution in [0.25, 0.3) is 0 Å². The average Bonchev–Trinajstić information content (AvgIpc) is 2.44. The summed E-state index contributed by atoms with van der Waals surface area (Å²) in [5.74, 6) is -0.214. The fourth-order valence-corrected chi connectivity index (χ4v) is 2.05. The summed E-state index contributed by atoms with van der Waals surface area (Å²) < 4.78 is 0. The predicted molar refractivity (Wildman–Crippen MR) is 85.7 cm³/mol. The van der Waals surface area contributed by atoms with Gasteiger partial charge in [-0.3, -0.25) is 14.7 Å². The number of halogens is 1. The fraction of sp³-hybridized carbons (Fsp3) is 0.333. The molecule has 1 aromatic rings. The molecule has 0 aliphatic carbocycles. The van der Waals surface area contributed by atoms with Crippen LogP contribution in [0.1, 0.15) is 11.1 Å². The average molecular weight is 294 g/mol. The lowest BCUT2D eigenvalue weighted by Gasteiger charge is -2.23. The van der Waals surface area contributed by atoms with Gasteiger partial charge in [0.05, 0.1) is 5.69 Å². The van der Waals surface area contributed by atoms with Crippen molar-refractivity contribution in [2.75, 3.05) is 24.5 Å². The van der Waals surface area contributed by atoms with Gasteiger partial charge in [0.1, 0.15) is 12.5 Å². The number of nitrogens with zero attached hydrogens (tertiary/aromatic N) is 2. The molecule has 0 fully saturated rings. The Hall–Kier alpha value is -1.81. The molecule has 0 atom stereocenters. The number of carbonyl (C=O) groups is 1. The molecule has 0 saturated carbocycles. The van der Waals surface area contributed by atoms with Gasteiger partial charge in [-0.15, -0.1) is 11.6 Å². The van der Waals surface area contributed by atoms with E-state index < -0.39 is 0 Å². The van der Waals surface area contributed by atoms with Gasteiger partial charge in [0.15, 0.2) is 0 Å². The number of carbonyl (C=O) groups excluding carboxylic acids is 1. The van der Waals surface area contributed by atoms with Crippen LogP contribution in [0, 0.1) is 13.8 Å². The molecule has 4 nitrogen and oxygen atoms in total. The van der Waals surface area contributed by atoms with E-state index in [0.29, 0.717) is 0 Å². The molecule has 0 aliphatic heterocycles. The van der Waals surface area contributed by atoms with E-state index in [1.54, 1.807) is 23.4 Å². The van der Waals surface area contributed by atoms with Crippen molar-refractivity contribution in [3.05, 3.63) is 41.6 Å². The first-order valence-electron chi connectivity index (χ1n) is 6.36. The number of allylic oxidation sites excluding steroid dienone is 1. The molecule has 1 amide bonds. The molecule has 0 unspecified atom stereocenters. The van der Waals surface area contributed by atoms with E-state index in [1.807, 2.05) is 39.1 Å². The van der Waals surface area contributed by atoms with Gasteiger partial charge in [-0.25, -0.2) is 0 Å². The largest absolute Gasteiger partial charge is 0.394 e. The summed E-state index contributed by atoms with van der Waals surface area (Å²) in [6, 6.07) is 5.92. The Balaban J connectivity index is 2.98. The first-order chi connectivity index (χ1) is 9.61. The molecule has 5 heteroatoms. The third kappa shape index (κ3) is 4.38. The maximum atomic E-state index is 12.0. The Morgan fingerprint density at radius 1 is 1.40 bits per heavy atom. The molecule has 0 spiro atoms. The molecule has 108 valence electrons. The highest BCUT2D eigenvalue weighted by Gasteiger charge is 2.17. The molecule has 0 heterocycles. The van der Waals surface area contributed by atoms with Crippen LogP contribution in [0.15, 0.2) is 35.5 Å². The lowest BCUT2D eigenvalue weighted by Crippen LogP contribution is -2.33. The first kappa shape index (κ1) is 16.2. The molecule has 0 saturated heterocycles. The van der Waals surface area contributed by atoms with Crippen LogP contribution in [0.3, 0.4) is 0 Å². The number of rotatable bonds is 6. The summed E-state index contributed by atoms with van der Waals surface area (Å²) in [5.41, 5.74) is 2.95. The van der Waals surface area contributed by atoms with Crippen LogP contribution >= 0.6 is 11.6 Å². The monoisotopic (exact) mass is 293 g/mol. The minimum atomic E-state index is -0.154. The standard InChI is InChI=1S/C15H20ClN3O/c1-12-6-4-7-13(2)15(12)19(14(20)10-16)11-18-9-5-8-17-3/h4-9,17H,10-11H2,1-3H3/b8-5-,18-9+. The van der Waals surface area contributed by atoms with E-state index in [1.165, 1.54) is 0 Å². The second-order valence-electron chi connectivity index (χ2n) is 4.32. The summed E-state index contributed by atoms with van der Waals surface area (Å²) in [4.78, 5) is 17.9. The molecule has 0 aromatic heterocycles. The molecule has 0 aliphatic rings. The lowest BCUT2D eigenvalue weighted by atomic mass is 10.1. The molecule has 1 N–H and O–H groups in total. The van der Waals surface area contributed by atoms with Crippen molar-refractivity contribution in [2.24, 2.45) is 4.99 Å². The molecule has 0 radical (unpaired) electrons. The van der Waals surface area contributed by atoms with Crippen molar-refractivity contribution in [1.82, 2.24) is 5.32 Å². The predicted octanol–water partition coefficient (Wildman–Crippen LogP) is 2.64. The van der Waals surface area contributed by atoms with Crippen molar-refractivity contribution < 1.29 is 4.79 Å². The fourth-order valence-electron chi connectivity index (χ4n) is 1.91. The number of aryl methyl sites for hydroxylation is 2.